The third-order valence-corrected chi connectivity index (χ3v) is 8.18. The van der Waals surface area contributed by atoms with Crippen molar-refractivity contribution in [2.75, 3.05) is 18.6 Å². The molecule has 6 rings (SSSR count). The average Bonchev–Trinajstić information content (AvgIpc) is 3.64. The van der Waals surface area contributed by atoms with Gasteiger partial charge in [-0.15, -0.1) is 0 Å². The standard InChI is InChI=1S/C34H35N5O7S/c1-33(2,3)46-32(42)39(6)27-9-7-8-20(36-27)14-15-43-21-11-12-22-23(18-35-25(22)17-21)28(19-10-13-24-26(16-19)38-47-37-24)29-30(40)44-34(4,5)45-31(29)41/h7-13,16-18,28-29,35H,14-15H2,1-6H3. The Balaban J connectivity index is 1.22. The summed E-state index contributed by atoms with van der Waals surface area (Å²) in [5.74, 6) is -3.50. The Labute approximate surface area is 275 Å². The molecule has 1 atom stereocenters. The number of hydrogen-bond donors (Lipinski definition) is 1. The van der Waals surface area contributed by atoms with Crippen molar-refractivity contribution in [2.45, 2.75) is 58.3 Å². The molecule has 12 nitrogen and oxygen atoms in total. The highest BCUT2D eigenvalue weighted by Gasteiger charge is 2.48. The molecule has 0 aliphatic carbocycles. The third-order valence-electron chi connectivity index (χ3n) is 7.62. The molecule has 244 valence electrons. The van der Waals surface area contributed by atoms with Gasteiger partial charge in [0, 0.05) is 62.1 Å². The maximum atomic E-state index is 13.3. The van der Waals surface area contributed by atoms with E-state index in [2.05, 4.69) is 18.7 Å². The number of rotatable bonds is 8. The number of carbonyl (C=O) groups is 3. The van der Waals surface area contributed by atoms with Crippen LogP contribution in [0.4, 0.5) is 10.6 Å². The first-order valence-electron chi connectivity index (χ1n) is 15.1. The lowest BCUT2D eigenvalue weighted by Crippen LogP contribution is -2.48. The molecule has 1 saturated heterocycles. The molecule has 1 fully saturated rings. The Morgan fingerprint density at radius 1 is 1.04 bits per heavy atom. The number of nitrogens with one attached hydrogen (secondary N) is 1. The molecule has 0 spiro atoms. The quantitative estimate of drug-likeness (QED) is 0.152. The molecule has 47 heavy (non-hydrogen) atoms. The van der Waals surface area contributed by atoms with Gasteiger partial charge in [-0.2, -0.15) is 8.75 Å². The van der Waals surface area contributed by atoms with E-state index in [0.29, 0.717) is 35.7 Å². The fraction of sp³-hybridized carbons (Fsp3) is 0.353. The maximum Gasteiger partial charge on any atom is 0.415 e. The van der Waals surface area contributed by atoms with E-state index in [1.54, 1.807) is 19.3 Å². The SMILES string of the molecule is CN(C(=O)OC(C)(C)C)c1cccc(CCOc2ccc3c(C(c4ccc5nsnc5c4)C4C(=O)OC(C)(C)OC4=O)c[nH]c3c2)n1. The number of aromatic amines is 1. The van der Waals surface area contributed by atoms with Crippen LogP contribution in [0.25, 0.3) is 21.9 Å². The molecule has 1 aliphatic heterocycles. The van der Waals surface area contributed by atoms with Crippen molar-refractivity contribution in [3.8, 4) is 5.75 Å². The zero-order valence-electron chi connectivity index (χ0n) is 26.9. The summed E-state index contributed by atoms with van der Waals surface area (Å²) in [6, 6.07) is 16.6. The Morgan fingerprint density at radius 3 is 2.53 bits per heavy atom. The number of ether oxygens (including phenoxy) is 4. The molecule has 0 bridgehead atoms. The van der Waals surface area contributed by atoms with E-state index in [1.165, 1.54) is 18.7 Å². The molecule has 1 unspecified atom stereocenters. The molecule has 4 heterocycles. The van der Waals surface area contributed by atoms with Gasteiger partial charge in [-0.05, 0) is 68.3 Å². The van der Waals surface area contributed by atoms with Crippen LogP contribution in [0.15, 0.2) is 60.8 Å². The number of benzene rings is 2. The van der Waals surface area contributed by atoms with E-state index in [0.717, 1.165) is 39.4 Å². The molecule has 1 N–H and O–H groups in total. The molecule has 1 amide bonds. The summed E-state index contributed by atoms with van der Waals surface area (Å²) in [5, 5.41) is 0.809. The van der Waals surface area contributed by atoms with Crippen LogP contribution in [-0.2, 0) is 30.2 Å². The second-order valence-electron chi connectivity index (χ2n) is 12.8. The Bertz CT molecular complexity index is 1960. The fourth-order valence-electron chi connectivity index (χ4n) is 5.51. The topological polar surface area (TPSA) is 146 Å². The van der Waals surface area contributed by atoms with Crippen LogP contribution in [-0.4, -0.2) is 61.8 Å². The first kappa shape index (κ1) is 31.9. The highest BCUT2D eigenvalue weighted by Crippen LogP contribution is 2.42. The molecule has 5 aromatic rings. The Kier molecular flexibility index (Phi) is 8.35. The van der Waals surface area contributed by atoms with Crippen molar-refractivity contribution in [2.24, 2.45) is 5.92 Å². The minimum atomic E-state index is -1.35. The Morgan fingerprint density at radius 2 is 1.79 bits per heavy atom. The van der Waals surface area contributed by atoms with Gasteiger partial charge in [-0.1, -0.05) is 12.1 Å². The number of H-pyrrole nitrogens is 1. The number of amides is 1. The number of cyclic esters (lactones) is 2. The van der Waals surface area contributed by atoms with Crippen LogP contribution in [0, 0.1) is 5.92 Å². The zero-order valence-corrected chi connectivity index (χ0v) is 27.7. The number of anilines is 1. The number of aromatic nitrogens is 4. The van der Waals surface area contributed by atoms with E-state index in [1.807, 2.05) is 69.3 Å². The fourth-order valence-corrected chi connectivity index (χ4v) is 6.03. The van der Waals surface area contributed by atoms with E-state index >= 15 is 0 Å². The molecule has 2 aromatic carbocycles. The highest BCUT2D eigenvalue weighted by molar-refractivity contribution is 7.00. The normalized spacial score (nSPS) is 15.7. The molecule has 0 saturated carbocycles. The van der Waals surface area contributed by atoms with Gasteiger partial charge in [0.25, 0.3) is 5.79 Å². The molecular formula is C34H35N5O7S. The predicted molar refractivity (Wildman–Crippen MR) is 175 cm³/mol. The van der Waals surface area contributed by atoms with Crippen molar-refractivity contribution in [3.63, 3.8) is 0 Å². The second kappa shape index (κ2) is 12.3. The monoisotopic (exact) mass is 657 g/mol. The number of hydrogen-bond acceptors (Lipinski definition) is 11. The largest absolute Gasteiger partial charge is 0.493 e. The van der Waals surface area contributed by atoms with Gasteiger partial charge in [0.2, 0.25) is 0 Å². The van der Waals surface area contributed by atoms with E-state index < -0.39 is 41.3 Å². The molecular weight excluding hydrogens is 622 g/mol. The summed E-state index contributed by atoms with van der Waals surface area (Å²) in [4.78, 5) is 48.3. The second-order valence-corrected chi connectivity index (χ2v) is 13.3. The molecule has 1 aliphatic rings. The smallest absolute Gasteiger partial charge is 0.415 e. The van der Waals surface area contributed by atoms with Crippen molar-refractivity contribution in [1.29, 1.82) is 0 Å². The zero-order chi connectivity index (χ0) is 33.5. The van der Waals surface area contributed by atoms with Crippen LogP contribution < -0.4 is 9.64 Å². The lowest BCUT2D eigenvalue weighted by Gasteiger charge is -2.36. The van der Waals surface area contributed by atoms with Crippen molar-refractivity contribution >= 4 is 57.5 Å². The van der Waals surface area contributed by atoms with Gasteiger partial charge in [0.05, 0.1) is 18.3 Å². The summed E-state index contributed by atoms with van der Waals surface area (Å²) in [6.45, 7) is 8.84. The number of nitrogens with zero attached hydrogens (tertiary/aromatic N) is 4. The number of carbonyl (C=O) groups excluding carboxylic acids is 3. The summed E-state index contributed by atoms with van der Waals surface area (Å²) < 4.78 is 31.2. The van der Waals surface area contributed by atoms with Gasteiger partial charge in [0.1, 0.15) is 28.2 Å². The van der Waals surface area contributed by atoms with Crippen molar-refractivity contribution in [3.05, 3.63) is 77.6 Å². The molecule has 0 radical (unpaired) electrons. The van der Waals surface area contributed by atoms with E-state index in [-0.39, 0.29) is 0 Å². The summed E-state index contributed by atoms with van der Waals surface area (Å²) in [5.41, 5.74) is 3.73. The molecule has 3 aromatic heterocycles. The number of esters is 2. The van der Waals surface area contributed by atoms with E-state index in [4.69, 9.17) is 18.9 Å². The lowest BCUT2D eigenvalue weighted by molar-refractivity contribution is -0.240. The number of pyridine rings is 1. The summed E-state index contributed by atoms with van der Waals surface area (Å²) in [7, 11) is 1.62. The van der Waals surface area contributed by atoms with Gasteiger partial charge in [0.15, 0.2) is 5.92 Å². The minimum Gasteiger partial charge on any atom is -0.493 e. The summed E-state index contributed by atoms with van der Waals surface area (Å²) >= 11 is 1.09. The van der Waals surface area contributed by atoms with E-state index in [9.17, 15) is 14.4 Å². The van der Waals surface area contributed by atoms with Crippen LogP contribution in [0.3, 0.4) is 0 Å². The minimum absolute atomic E-state index is 0.339. The first-order chi connectivity index (χ1) is 22.3. The number of fused-ring (bicyclic) bond motifs is 2. The van der Waals surface area contributed by atoms with Crippen LogP contribution >= 0.6 is 11.7 Å². The van der Waals surface area contributed by atoms with Crippen LogP contribution in [0.2, 0.25) is 0 Å². The predicted octanol–water partition coefficient (Wildman–Crippen LogP) is 6.14. The average molecular weight is 658 g/mol. The van der Waals surface area contributed by atoms with Gasteiger partial charge in [-0.25, -0.2) is 9.78 Å². The van der Waals surface area contributed by atoms with Gasteiger partial charge in [-0.3, -0.25) is 14.5 Å². The summed E-state index contributed by atoms with van der Waals surface area (Å²) in [6.07, 6.45) is 1.81. The highest BCUT2D eigenvalue weighted by atomic mass is 32.1. The van der Waals surface area contributed by atoms with Crippen molar-refractivity contribution < 1.29 is 33.3 Å². The van der Waals surface area contributed by atoms with Gasteiger partial charge >= 0.3 is 18.0 Å². The molecule has 13 heteroatoms. The van der Waals surface area contributed by atoms with Crippen molar-refractivity contribution in [1.82, 2.24) is 18.7 Å². The lowest BCUT2D eigenvalue weighted by atomic mass is 9.80. The van der Waals surface area contributed by atoms with Gasteiger partial charge < -0.3 is 23.9 Å². The van der Waals surface area contributed by atoms with Crippen LogP contribution in [0.5, 0.6) is 5.75 Å². The first-order valence-corrected chi connectivity index (χ1v) is 15.9. The maximum absolute atomic E-state index is 13.3. The Hall–Kier alpha value is -5.04. The van der Waals surface area contributed by atoms with Crippen LogP contribution in [0.1, 0.15) is 57.4 Å². The third kappa shape index (κ3) is 6.89.